The molecule has 0 spiro atoms. The maximum Gasteiger partial charge on any atom is 0.251 e. The first kappa shape index (κ1) is 17.2. The number of carbonyl (C=O) groups excluding carboxylic acids is 1. The lowest BCUT2D eigenvalue weighted by Gasteiger charge is -2.16. The van der Waals surface area contributed by atoms with Crippen LogP contribution in [0.3, 0.4) is 0 Å². The molecule has 0 bridgehead atoms. The number of amides is 1. The van der Waals surface area contributed by atoms with Gasteiger partial charge in [0.15, 0.2) is 0 Å². The van der Waals surface area contributed by atoms with Crippen molar-refractivity contribution in [1.82, 2.24) is 15.3 Å². The van der Waals surface area contributed by atoms with E-state index in [1.54, 1.807) is 6.33 Å². The Balaban J connectivity index is 1.49. The minimum atomic E-state index is -0.0385. The van der Waals surface area contributed by atoms with Crippen molar-refractivity contribution in [1.29, 1.82) is 0 Å². The number of nitrogens with zero attached hydrogens (tertiary/aromatic N) is 3. The van der Waals surface area contributed by atoms with E-state index in [2.05, 4.69) is 25.5 Å². The van der Waals surface area contributed by atoms with E-state index in [4.69, 9.17) is 0 Å². The van der Waals surface area contributed by atoms with E-state index in [1.807, 2.05) is 38.1 Å². The molecule has 132 valence electrons. The average molecular weight is 339 g/mol. The highest BCUT2D eigenvalue weighted by atomic mass is 16.1. The Kier molecular flexibility index (Phi) is 5.48. The van der Waals surface area contributed by atoms with Crippen molar-refractivity contribution in [2.75, 3.05) is 36.4 Å². The fraction of sp³-hybridized carbons (Fsp3) is 0.421. The monoisotopic (exact) mass is 339 g/mol. The number of aryl methyl sites for hydroxylation is 2. The normalized spacial score (nSPS) is 13.8. The zero-order valence-electron chi connectivity index (χ0n) is 14.9. The summed E-state index contributed by atoms with van der Waals surface area (Å²) in [5, 5.41) is 6.20. The van der Waals surface area contributed by atoms with E-state index in [0.717, 1.165) is 41.4 Å². The van der Waals surface area contributed by atoms with Crippen molar-refractivity contribution >= 4 is 17.5 Å². The minimum absolute atomic E-state index is 0.0385. The zero-order valence-corrected chi connectivity index (χ0v) is 14.9. The van der Waals surface area contributed by atoms with Gasteiger partial charge in [0.1, 0.15) is 18.0 Å². The van der Waals surface area contributed by atoms with Gasteiger partial charge in [0.25, 0.3) is 5.91 Å². The second-order valence-corrected chi connectivity index (χ2v) is 6.46. The van der Waals surface area contributed by atoms with Gasteiger partial charge in [-0.15, -0.1) is 0 Å². The Morgan fingerprint density at radius 3 is 2.72 bits per heavy atom. The predicted octanol–water partition coefficient (Wildman–Crippen LogP) is 2.54. The molecule has 0 saturated carbocycles. The smallest absolute Gasteiger partial charge is 0.251 e. The van der Waals surface area contributed by atoms with Gasteiger partial charge in [-0.3, -0.25) is 4.79 Å². The third-order valence-electron chi connectivity index (χ3n) is 4.44. The van der Waals surface area contributed by atoms with Crippen LogP contribution in [0.25, 0.3) is 0 Å². The van der Waals surface area contributed by atoms with E-state index in [1.165, 1.54) is 12.8 Å². The molecule has 3 rings (SSSR count). The Morgan fingerprint density at radius 2 is 1.92 bits per heavy atom. The van der Waals surface area contributed by atoms with Gasteiger partial charge >= 0.3 is 0 Å². The first-order chi connectivity index (χ1) is 12.1. The molecule has 1 aromatic carbocycles. The summed E-state index contributed by atoms with van der Waals surface area (Å²) in [6.45, 7) is 7.21. The second kappa shape index (κ2) is 7.96. The molecular formula is C19H25N5O. The first-order valence-electron chi connectivity index (χ1n) is 8.80. The van der Waals surface area contributed by atoms with Crippen molar-refractivity contribution in [3.8, 4) is 0 Å². The maximum absolute atomic E-state index is 12.3. The average Bonchev–Trinajstić information content (AvgIpc) is 3.15. The molecule has 1 aromatic heterocycles. The summed E-state index contributed by atoms with van der Waals surface area (Å²) in [6.07, 6.45) is 4.03. The number of aromatic nitrogens is 2. The van der Waals surface area contributed by atoms with Gasteiger partial charge in [-0.2, -0.15) is 0 Å². The van der Waals surface area contributed by atoms with Crippen LogP contribution in [-0.2, 0) is 0 Å². The fourth-order valence-corrected chi connectivity index (χ4v) is 3.01. The van der Waals surface area contributed by atoms with E-state index >= 15 is 0 Å². The van der Waals surface area contributed by atoms with Crippen LogP contribution in [0, 0.1) is 13.8 Å². The number of anilines is 2. The van der Waals surface area contributed by atoms with Crippen LogP contribution in [0.1, 0.15) is 34.3 Å². The highest BCUT2D eigenvalue weighted by Gasteiger charge is 2.14. The number of benzene rings is 1. The summed E-state index contributed by atoms with van der Waals surface area (Å²) in [4.78, 5) is 23.1. The largest absolute Gasteiger partial charge is 0.368 e. The highest BCUT2D eigenvalue weighted by Crippen LogP contribution is 2.19. The molecule has 1 aliphatic heterocycles. The van der Waals surface area contributed by atoms with E-state index in [-0.39, 0.29) is 5.91 Å². The molecule has 25 heavy (non-hydrogen) atoms. The molecule has 1 aliphatic rings. The third kappa shape index (κ3) is 4.47. The van der Waals surface area contributed by atoms with Crippen molar-refractivity contribution < 1.29 is 4.79 Å². The maximum atomic E-state index is 12.3. The van der Waals surface area contributed by atoms with Crippen LogP contribution in [-0.4, -0.2) is 42.1 Å². The SMILES string of the molecule is Cc1ccc(C)c(C(=O)NCCNc2cc(N3CCCC3)ncn2)c1. The quantitative estimate of drug-likeness (QED) is 0.792. The summed E-state index contributed by atoms with van der Waals surface area (Å²) in [5.74, 6) is 1.72. The zero-order chi connectivity index (χ0) is 17.6. The predicted molar refractivity (Wildman–Crippen MR) is 100 cm³/mol. The van der Waals surface area contributed by atoms with E-state index in [0.29, 0.717) is 13.1 Å². The second-order valence-electron chi connectivity index (χ2n) is 6.46. The van der Waals surface area contributed by atoms with Gasteiger partial charge in [-0.25, -0.2) is 9.97 Å². The Hall–Kier alpha value is -2.63. The molecule has 1 saturated heterocycles. The van der Waals surface area contributed by atoms with Crippen LogP contribution >= 0.6 is 0 Å². The molecule has 6 nitrogen and oxygen atoms in total. The lowest BCUT2D eigenvalue weighted by Crippen LogP contribution is -2.29. The van der Waals surface area contributed by atoms with Gasteiger partial charge in [0.2, 0.25) is 0 Å². The molecule has 2 heterocycles. The number of carbonyl (C=O) groups is 1. The van der Waals surface area contributed by atoms with Crippen molar-refractivity contribution in [3.63, 3.8) is 0 Å². The van der Waals surface area contributed by atoms with Crippen LogP contribution in [0.2, 0.25) is 0 Å². The van der Waals surface area contributed by atoms with Crippen LogP contribution in [0.4, 0.5) is 11.6 Å². The standard InChI is InChI=1S/C19H25N5O/c1-14-5-6-15(2)16(11-14)19(25)21-8-7-20-17-12-18(23-13-22-17)24-9-3-4-10-24/h5-6,11-13H,3-4,7-10H2,1-2H3,(H,21,25)(H,20,22,23). The highest BCUT2D eigenvalue weighted by molar-refractivity contribution is 5.95. The van der Waals surface area contributed by atoms with Crippen molar-refractivity contribution in [2.24, 2.45) is 0 Å². The van der Waals surface area contributed by atoms with Gasteiger partial charge in [0.05, 0.1) is 0 Å². The van der Waals surface area contributed by atoms with E-state index < -0.39 is 0 Å². The van der Waals surface area contributed by atoms with Gasteiger partial charge < -0.3 is 15.5 Å². The van der Waals surface area contributed by atoms with Crippen molar-refractivity contribution in [3.05, 3.63) is 47.3 Å². The van der Waals surface area contributed by atoms with E-state index in [9.17, 15) is 4.79 Å². The summed E-state index contributed by atoms with van der Waals surface area (Å²) < 4.78 is 0. The van der Waals surface area contributed by atoms with Gasteiger partial charge in [-0.1, -0.05) is 17.7 Å². The summed E-state index contributed by atoms with van der Waals surface area (Å²) >= 11 is 0. The molecule has 2 N–H and O–H groups in total. The molecule has 1 amide bonds. The molecule has 0 atom stereocenters. The molecule has 6 heteroatoms. The number of nitrogens with one attached hydrogen (secondary N) is 2. The molecule has 0 aliphatic carbocycles. The molecule has 2 aromatic rings. The molecule has 1 fully saturated rings. The van der Waals surface area contributed by atoms with Crippen molar-refractivity contribution in [2.45, 2.75) is 26.7 Å². The van der Waals surface area contributed by atoms with Crippen LogP contribution in [0.5, 0.6) is 0 Å². The lowest BCUT2D eigenvalue weighted by molar-refractivity contribution is 0.0954. The minimum Gasteiger partial charge on any atom is -0.368 e. The van der Waals surface area contributed by atoms with Gasteiger partial charge in [-0.05, 0) is 38.3 Å². The topological polar surface area (TPSA) is 70.2 Å². The lowest BCUT2D eigenvalue weighted by atomic mass is 10.1. The molecule has 0 radical (unpaired) electrons. The van der Waals surface area contributed by atoms with Gasteiger partial charge in [0, 0.05) is 37.8 Å². The molecular weight excluding hydrogens is 314 g/mol. The Bertz CT molecular complexity index is 740. The first-order valence-corrected chi connectivity index (χ1v) is 8.80. The Labute approximate surface area is 148 Å². The summed E-state index contributed by atoms with van der Waals surface area (Å²) in [7, 11) is 0. The Morgan fingerprint density at radius 1 is 1.12 bits per heavy atom. The third-order valence-corrected chi connectivity index (χ3v) is 4.44. The molecule has 0 unspecified atom stereocenters. The van der Waals surface area contributed by atoms with Crippen LogP contribution < -0.4 is 15.5 Å². The summed E-state index contributed by atoms with van der Waals surface area (Å²) in [5.41, 5.74) is 2.81. The fourth-order valence-electron chi connectivity index (χ4n) is 3.01. The summed E-state index contributed by atoms with van der Waals surface area (Å²) in [6, 6.07) is 7.88. The number of hydrogen-bond acceptors (Lipinski definition) is 5. The number of rotatable bonds is 6. The number of hydrogen-bond donors (Lipinski definition) is 2. The van der Waals surface area contributed by atoms with Crippen LogP contribution in [0.15, 0.2) is 30.6 Å².